The molecule has 0 aliphatic heterocycles. The Morgan fingerprint density at radius 1 is 1.19 bits per heavy atom. The molecule has 9 nitrogen and oxygen atoms in total. The molecular formula is C22H17N5O4. The first-order chi connectivity index (χ1) is 14.9. The van der Waals surface area contributed by atoms with Gasteiger partial charge in [0.2, 0.25) is 0 Å². The fourth-order valence-corrected chi connectivity index (χ4v) is 2.84. The molecule has 0 radical (unpaired) electrons. The van der Waals surface area contributed by atoms with Gasteiger partial charge in [-0.2, -0.15) is 5.26 Å². The summed E-state index contributed by atoms with van der Waals surface area (Å²) in [5.41, 5.74) is 0.547. The third kappa shape index (κ3) is 4.65. The molecule has 3 aromatic rings. The van der Waals surface area contributed by atoms with Gasteiger partial charge in [0.15, 0.2) is 0 Å². The lowest BCUT2D eigenvalue weighted by Gasteiger charge is -2.01. The van der Waals surface area contributed by atoms with Crippen molar-refractivity contribution in [2.24, 2.45) is 0 Å². The van der Waals surface area contributed by atoms with Gasteiger partial charge in [-0.15, -0.1) is 0 Å². The second-order valence-electron chi connectivity index (χ2n) is 6.41. The van der Waals surface area contributed by atoms with Crippen LogP contribution in [0.3, 0.4) is 0 Å². The lowest BCUT2D eigenvalue weighted by molar-refractivity contribution is -0.385. The molecule has 1 amide bonds. The summed E-state index contributed by atoms with van der Waals surface area (Å²) in [5.74, 6) is -0.769. The first-order valence-electron chi connectivity index (χ1n) is 9.12. The molecular weight excluding hydrogens is 398 g/mol. The van der Waals surface area contributed by atoms with E-state index in [1.807, 2.05) is 6.07 Å². The molecule has 2 N–H and O–H groups in total. The van der Waals surface area contributed by atoms with Crippen LogP contribution in [0.15, 0.2) is 77.1 Å². The number of carbonyl (C=O) groups excluding carboxylic acids is 1. The average Bonchev–Trinajstić information content (AvgIpc) is 3.05. The molecule has 0 aliphatic carbocycles. The normalized spacial score (nSPS) is 11.3. The largest absolute Gasteiger partial charge is 0.315 e. The number of nitrogens with one attached hydrogen (secondary N) is 2. The maximum atomic E-state index is 12.7. The summed E-state index contributed by atoms with van der Waals surface area (Å²) in [6.07, 6.45) is 4.02. The highest BCUT2D eigenvalue weighted by Gasteiger charge is 2.17. The van der Waals surface area contributed by atoms with Crippen LogP contribution in [0.5, 0.6) is 0 Å². The average molecular weight is 415 g/mol. The number of aromatic nitrogens is 2. The zero-order valence-corrected chi connectivity index (χ0v) is 16.4. The van der Waals surface area contributed by atoms with Crippen LogP contribution in [0.2, 0.25) is 0 Å². The number of hydrogen-bond acceptors (Lipinski definition) is 5. The van der Waals surface area contributed by atoms with E-state index in [0.717, 1.165) is 0 Å². The summed E-state index contributed by atoms with van der Waals surface area (Å²) in [6.45, 7) is 1.63. The number of carbonyl (C=O) groups is 1. The topological polar surface area (TPSA) is 134 Å². The molecule has 0 atom stereocenters. The number of H-pyrrole nitrogens is 1. The van der Waals surface area contributed by atoms with Crippen LogP contribution in [-0.4, -0.2) is 20.6 Å². The molecule has 0 fully saturated rings. The van der Waals surface area contributed by atoms with Gasteiger partial charge in [-0.25, -0.2) is 4.68 Å². The van der Waals surface area contributed by atoms with Crippen LogP contribution in [-0.2, 0) is 4.79 Å². The number of nitro benzene ring substituents is 1. The summed E-state index contributed by atoms with van der Waals surface area (Å²) in [6, 6.07) is 16.7. The van der Waals surface area contributed by atoms with Gasteiger partial charge in [0, 0.05) is 6.07 Å². The van der Waals surface area contributed by atoms with E-state index >= 15 is 0 Å². The van der Waals surface area contributed by atoms with Crippen LogP contribution >= 0.6 is 0 Å². The van der Waals surface area contributed by atoms with Gasteiger partial charge in [0.25, 0.3) is 17.2 Å². The van der Waals surface area contributed by atoms with Gasteiger partial charge in [0.1, 0.15) is 17.3 Å². The SMILES string of the molecule is Cc1[nH]n(-c2ccccc2)c(=O)c1NC(=O)/C(C#N)=C/C=C/c1ccccc1[N+](=O)[O-]. The molecule has 0 spiro atoms. The fourth-order valence-electron chi connectivity index (χ4n) is 2.84. The summed E-state index contributed by atoms with van der Waals surface area (Å²) in [4.78, 5) is 35.7. The highest BCUT2D eigenvalue weighted by atomic mass is 16.6. The minimum absolute atomic E-state index is 0.0256. The molecule has 0 bridgehead atoms. The van der Waals surface area contributed by atoms with Crippen LogP contribution in [0.1, 0.15) is 11.3 Å². The monoisotopic (exact) mass is 415 g/mol. The maximum Gasteiger partial charge on any atom is 0.295 e. The number of allylic oxidation sites excluding steroid dienone is 2. The minimum atomic E-state index is -0.769. The van der Waals surface area contributed by atoms with Crippen molar-refractivity contribution in [3.05, 3.63) is 104 Å². The zero-order chi connectivity index (χ0) is 22.4. The molecule has 31 heavy (non-hydrogen) atoms. The Hall–Kier alpha value is -4.71. The third-order valence-electron chi connectivity index (χ3n) is 4.36. The van der Waals surface area contributed by atoms with Crippen LogP contribution in [0, 0.1) is 28.4 Å². The Morgan fingerprint density at radius 2 is 1.87 bits per heavy atom. The van der Waals surface area contributed by atoms with E-state index < -0.39 is 16.4 Å². The Kier molecular flexibility index (Phi) is 6.23. The molecule has 0 aliphatic rings. The number of anilines is 1. The maximum absolute atomic E-state index is 12.7. The van der Waals surface area contributed by atoms with E-state index in [9.17, 15) is 25.0 Å². The summed E-state index contributed by atoms with van der Waals surface area (Å²) in [7, 11) is 0. The van der Waals surface area contributed by atoms with E-state index in [0.29, 0.717) is 16.9 Å². The molecule has 0 saturated carbocycles. The second kappa shape index (κ2) is 9.19. The van der Waals surface area contributed by atoms with Gasteiger partial charge in [0.05, 0.1) is 21.9 Å². The van der Waals surface area contributed by atoms with E-state index in [1.54, 1.807) is 55.5 Å². The van der Waals surface area contributed by atoms with Crippen molar-refractivity contribution in [1.82, 2.24) is 9.78 Å². The van der Waals surface area contributed by atoms with Gasteiger partial charge in [-0.3, -0.25) is 24.8 Å². The fraction of sp³-hybridized carbons (Fsp3) is 0.0455. The quantitative estimate of drug-likeness (QED) is 0.209. The predicted octanol–water partition coefficient (Wildman–Crippen LogP) is 3.48. The van der Waals surface area contributed by atoms with Crippen molar-refractivity contribution < 1.29 is 9.72 Å². The molecule has 9 heteroatoms. The van der Waals surface area contributed by atoms with Crippen molar-refractivity contribution in [3.8, 4) is 11.8 Å². The molecule has 154 valence electrons. The number of benzene rings is 2. The molecule has 1 heterocycles. The van der Waals surface area contributed by atoms with Crippen LogP contribution in [0.4, 0.5) is 11.4 Å². The van der Waals surface area contributed by atoms with Gasteiger partial charge in [-0.1, -0.05) is 36.4 Å². The lowest BCUT2D eigenvalue weighted by Crippen LogP contribution is -2.22. The Balaban J connectivity index is 1.83. The van der Waals surface area contributed by atoms with E-state index in [1.165, 1.54) is 29.0 Å². The number of aromatic amines is 1. The van der Waals surface area contributed by atoms with E-state index in [4.69, 9.17) is 0 Å². The summed E-state index contributed by atoms with van der Waals surface area (Å²) in [5, 5.41) is 25.7. The van der Waals surface area contributed by atoms with Crippen molar-refractivity contribution in [1.29, 1.82) is 5.26 Å². The summed E-state index contributed by atoms with van der Waals surface area (Å²) < 4.78 is 1.29. The molecule has 0 saturated heterocycles. The predicted molar refractivity (Wildman–Crippen MR) is 116 cm³/mol. The van der Waals surface area contributed by atoms with Crippen molar-refractivity contribution in [3.63, 3.8) is 0 Å². The molecule has 0 unspecified atom stereocenters. The molecule has 2 aromatic carbocycles. The highest BCUT2D eigenvalue weighted by molar-refractivity contribution is 6.07. The van der Waals surface area contributed by atoms with Crippen LogP contribution in [0.25, 0.3) is 11.8 Å². The lowest BCUT2D eigenvalue weighted by atomic mass is 10.1. The number of rotatable bonds is 6. The molecule has 1 aromatic heterocycles. The smallest absolute Gasteiger partial charge is 0.295 e. The number of aryl methyl sites for hydroxylation is 1. The summed E-state index contributed by atoms with van der Waals surface area (Å²) >= 11 is 0. The number of nitro groups is 1. The highest BCUT2D eigenvalue weighted by Crippen LogP contribution is 2.19. The van der Waals surface area contributed by atoms with E-state index in [2.05, 4.69) is 10.4 Å². The van der Waals surface area contributed by atoms with Crippen molar-refractivity contribution in [2.45, 2.75) is 6.92 Å². The number of amides is 1. The third-order valence-corrected chi connectivity index (χ3v) is 4.36. The standard InChI is InChI=1S/C22H17N5O4/c1-15-20(22(29)26(25-15)18-11-3-2-4-12-18)24-21(28)17(14-23)10-7-9-16-8-5-6-13-19(16)27(30)31/h2-13,25H,1H3,(H,24,28)/b9-7+,17-10+. The second-order valence-corrected chi connectivity index (χ2v) is 6.41. The Morgan fingerprint density at radius 3 is 2.55 bits per heavy atom. The molecule has 3 rings (SSSR count). The first-order valence-corrected chi connectivity index (χ1v) is 9.12. The Bertz CT molecular complexity index is 1290. The zero-order valence-electron chi connectivity index (χ0n) is 16.4. The number of nitriles is 1. The number of nitrogens with zero attached hydrogens (tertiary/aromatic N) is 3. The van der Waals surface area contributed by atoms with Gasteiger partial charge < -0.3 is 5.32 Å². The van der Waals surface area contributed by atoms with Crippen molar-refractivity contribution in [2.75, 3.05) is 5.32 Å². The first kappa shape index (κ1) is 21.0. The minimum Gasteiger partial charge on any atom is -0.315 e. The van der Waals surface area contributed by atoms with Gasteiger partial charge in [-0.05, 0) is 37.3 Å². The number of para-hydroxylation sites is 2. The van der Waals surface area contributed by atoms with E-state index in [-0.39, 0.29) is 16.9 Å². The Labute approximate surface area is 176 Å². The van der Waals surface area contributed by atoms with Crippen LogP contribution < -0.4 is 10.9 Å². The van der Waals surface area contributed by atoms with Crippen molar-refractivity contribution >= 4 is 23.4 Å². The number of hydrogen-bond donors (Lipinski definition) is 2. The van der Waals surface area contributed by atoms with Gasteiger partial charge >= 0.3 is 0 Å².